The normalized spacial score (nSPS) is 11.9. The molecule has 14 heavy (non-hydrogen) atoms. The Labute approximate surface area is 90.0 Å². The summed E-state index contributed by atoms with van der Waals surface area (Å²) in [5, 5.41) is 3.37. The highest BCUT2D eigenvalue weighted by Crippen LogP contribution is 2.22. The van der Waals surface area contributed by atoms with Gasteiger partial charge in [-0.2, -0.15) is 0 Å². The van der Waals surface area contributed by atoms with Gasteiger partial charge in [0.1, 0.15) is 0 Å². The van der Waals surface area contributed by atoms with Crippen molar-refractivity contribution in [3.8, 4) is 0 Å². The largest absolute Gasteiger partial charge is 0.389 e. The van der Waals surface area contributed by atoms with E-state index in [0.29, 0.717) is 11.3 Å². The molecule has 1 nitrogen and oxygen atoms in total. The van der Waals surface area contributed by atoms with E-state index < -0.39 is 0 Å². The Kier molecular flexibility index (Phi) is 5.90. The standard InChI is InChI=1S/C13H27N/c1-11(2)10-14-12(3)8-7-9-13(4,5)6/h11,14H,3,7-10H2,1-2,4-6H3. The molecule has 1 heteroatoms. The third kappa shape index (κ3) is 9.63. The van der Waals surface area contributed by atoms with Crippen molar-refractivity contribution in [3.63, 3.8) is 0 Å². The van der Waals surface area contributed by atoms with E-state index >= 15 is 0 Å². The van der Waals surface area contributed by atoms with Gasteiger partial charge in [-0.05, 0) is 30.6 Å². The Morgan fingerprint density at radius 2 is 1.86 bits per heavy atom. The van der Waals surface area contributed by atoms with Crippen LogP contribution in [0.2, 0.25) is 0 Å². The first-order chi connectivity index (χ1) is 6.31. The van der Waals surface area contributed by atoms with Gasteiger partial charge in [0, 0.05) is 12.2 Å². The van der Waals surface area contributed by atoms with Gasteiger partial charge in [-0.3, -0.25) is 0 Å². The van der Waals surface area contributed by atoms with E-state index in [1.165, 1.54) is 18.5 Å². The molecule has 0 fully saturated rings. The van der Waals surface area contributed by atoms with E-state index in [2.05, 4.69) is 46.5 Å². The average molecular weight is 197 g/mol. The van der Waals surface area contributed by atoms with Crippen LogP contribution >= 0.6 is 0 Å². The van der Waals surface area contributed by atoms with Gasteiger partial charge in [-0.15, -0.1) is 0 Å². The SMILES string of the molecule is C=C(CCCC(C)(C)C)NCC(C)C. The summed E-state index contributed by atoms with van der Waals surface area (Å²) in [5.74, 6) is 0.703. The van der Waals surface area contributed by atoms with Crippen LogP contribution in [0.1, 0.15) is 53.9 Å². The van der Waals surface area contributed by atoms with Crippen LogP contribution < -0.4 is 5.32 Å². The summed E-state index contributed by atoms with van der Waals surface area (Å²) in [4.78, 5) is 0. The number of hydrogen-bond acceptors (Lipinski definition) is 1. The van der Waals surface area contributed by atoms with Crippen LogP contribution in [0.15, 0.2) is 12.3 Å². The molecule has 0 saturated heterocycles. The summed E-state index contributed by atoms with van der Waals surface area (Å²) in [5.41, 5.74) is 1.65. The second-order valence-corrected chi connectivity index (χ2v) is 5.79. The highest BCUT2D eigenvalue weighted by molar-refractivity contribution is 4.91. The maximum atomic E-state index is 4.04. The molecule has 0 aromatic heterocycles. The Hall–Kier alpha value is -0.460. The van der Waals surface area contributed by atoms with E-state index in [-0.39, 0.29) is 0 Å². The van der Waals surface area contributed by atoms with Gasteiger partial charge in [0.15, 0.2) is 0 Å². The third-order valence-electron chi connectivity index (χ3n) is 2.17. The lowest BCUT2D eigenvalue weighted by Crippen LogP contribution is -2.18. The molecule has 0 aromatic carbocycles. The van der Waals surface area contributed by atoms with Gasteiger partial charge in [0.05, 0.1) is 0 Å². The van der Waals surface area contributed by atoms with E-state index in [1.54, 1.807) is 0 Å². The lowest BCUT2D eigenvalue weighted by Gasteiger charge is -2.18. The van der Waals surface area contributed by atoms with Crippen molar-refractivity contribution in [2.24, 2.45) is 11.3 Å². The van der Waals surface area contributed by atoms with Crippen LogP contribution in [0.5, 0.6) is 0 Å². The van der Waals surface area contributed by atoms with Crippen LogP contribution in [0.25, 0.3) is 0 Å². The van der Waals surface area contributed by atoms with E-state index in [1.807, 2.05) is 0 Å². The molecule has 0 spiro atoms. The van der Waals surface area contributed by atoms with Gasteiger partial charge < -0.3 is 5.32 Å². The molecule has 0 heterocycles. The summed E-state index contributed by atoms with van der Waals surface area (Å²) < 4.78 is 0. The van der Waals surface area contributed by atoms with Crippen molar-refractivity contribution in [1.82, 2.24) is 5.32 Å². The van der Waals surface area contributed by atoms with Gasteiger partial charge in [-0.25, -0.2) is 0 Å². The third-order valence-corrected chi connectivity index (χ3v) is 2.17. The number of rotatable bonds is 6. The fraction of sp³-hybridized carbons (Fsp3) is 0.846. The molecule has 0 rings (SSSR count). The molecule has 0 saturated carbocycles. The zero-order valence-corrected chi connectivity index (χ0v) is 10.6. The van der Waals surface area contributed by atoms with Crippen LogP contribution in [0.4, 0.5) is 0 Å². The summed E-state index contributed by atoms with van der Waals surface area (Å²) in [6.07, 6.45) is 3.63. The highest BCUT2D eigenvalue weighted by atomic mass is 14.9. The lowest BCUT2D eigenvalue weighted by molar-refractivity contribution is 0.363. The van der Waals surface area contributed by atoms with E-state index in [4.69, 9.17) is 0 Å². The number of nitrogens with one attached hydrogen (secondary N) is 1. The first-order valence-corrected chi connectivity index (χ1v) is 5.73. The molecule has 0 atom stereocenters. The van der Waals surface area contributed by atoms with Crippen LogP contribution in [-0.4, -0.2) is 6.54 Å². The highest BCUT2D eigenvalue weighted by Gasteiger charge is 2.09. The lowest BCUT2D eigenvalue weighted by atomic mass is 9.89. The van der Waals surface area contributed by atoms with Crippen molar-refractivity contribution in [2.45, 2.75) is 53.9 Å². The van der Waals surface area contributed by atoms with Crippen LogP contribution in [0, 0.1) is 11.3 Å². The van der Waals surface area contributed by atoms with Gasteiger partial charge in [0.2, 0.25) is 0 Å². The van der Waals surface area contributed by atoms with Crippen molar-refractivity contribution in [1.29, 1.82) is 0 Å². The van der Waals surface area contributed by atoms with Crippen molar-refractivity contribution >= 4 is 0 Å². The second kappa shape index (κ2) is 6.10. The Balaban J connectivity index is 3.46. The van der Waals surface area contributed by atoms with Crippen molar-refractivity contribution < 1.29 is 0 Å². The fourth-order valence-electron chi connectivity index (χ4n) is 1.27. The van der Waals surface area contributed by atoms with Gasteiger partial charge >= 0.3 is 0 Å². The summed E-state index contributed by atoms with van der Waals surface area (Å²) in [7, 11) is 0. The quantitative estimate of drug-likeness (QED) is 0.679. The summed E-state index contributed by atoms with van der Waals surface area (Å²) in [6.45, 7) is 16.4. The first-order valence-electron chi connectivity index (χ1n) is 5.73. The molecule has 0 aliphatic heterocycles. The van der Waals surface area contributed by atoms with Gasteiger partial charge in [-0.1, -0.05) is 41.2 Å². The maximum absolute atomic E-state index is 4.04. The van der Waals surface area contributed by atoms with Gasteiger partial charge in [0.25, 0.3) is 0 Å². The molecule has 0 unspecified atom stereocenters. The predicted octanol–water partition coefficient (Wildman–Crippen LogP) is 3.96. The van der Waals surface area contributed by atoms with E-state index in [0.717, 1.165) is 13.0 Å². The molecule has 1 N–H and O–H groups in total. The Bertz CT molecular complexity index is 163. The van der Waals surface area contributed by atoms with Crippen LogP contribution in [-0.2, 0) is 0 Å². The minimum atomic E-state index is 0.457. The number of allylic oxidation sites excluding steroid dienone is 1. The topological polar surface area (TPSA) is 12.0 Å². The zero-order valence-electron chi connectivity index (χ0n) is 10.6. The molecular weight excluding hydrogens is 170 g/mol. The average Bonchev–Trinajstić information content (AvgIpc) is 1.98. The molecule has 0 aliphatic rings. The molecule has 0 amide bonds. The Morgan fingerprint density at radius 1 is 1.29 bits per heavy atom. The maximum Gasteiger partial charge on any atom is 0.0166 e. The zero-order chi connectivity index (χ0) is 11.2. The second-order valence-electron chi connectivity index (χ2n) is 5.79. The summed E-state index contributed by atoms with van der Waals surface area (Å²) in [6, 6.07) is 0. The molecule has 0 radical (unpaired) electrons. The molecule has 84 valence electrons. The van der Waals surface area contributed by atoms with Crippen LogP contribution in [0.3, 0.4) is 0 Å². The van der Waals surface area contributed by atoms with E-state index in [9.17, 15) is 0 Å². The summed E-state index contributed by atoms with van der Waals surface area (Å²) >= 11 is 0. The monoisotopic (exact) mass is 197 g/mol. The first kappa shape index (κ1) is 13.5. The molecule has 0 bridgehead atoms. The molecule has 0 aliphatic carbocycles. The predicted molar refractivity (Wildman–Crippen MR) is 65.3 cm³/mol. The number of hydrogen-bond donors (Lipinski definition) is 1. The fourth-order valence-corrected chi connectivity index (χ4v) is 1.27. The Morgan fingerprint density at radius 3 is 2.29 bits per heavy atom. The molecule has 0 aromatic rings. The molecular formula is C13H27N. The minimum absolute atomic E-state index is 0.457. The van der Waals surface area contributed by atoms with Crippen molar-refractivity contribution in [2.75, 3.05) is 6.54 Å². The minimum Gasteiger partial charge on any atom is -0.389 e. The van der Waals surface area contributed by atoms with Crippen molar-refractivity contribution in [3.05, 3.63) is 12.3 Å². The smallest absolute Gasteiger partial charge is 0.0166 e.